The fourth-order valence-corrected chi connectivity index (χ4v) is 4.89. The Morgan fingerprint density at radius 1 is 1.16 bits per heavy atom. The molecule has 1 N–H and O–H groups in total. The average molecular weight is 444 g/mol. The lowest BCUT2D eigenvalue weighted by molar-refractivity contribution is -0.140. The van der Waals surface area contributed by atoms with Gasteiger partial charge in [-0.3, -0.25) is 9.59 Å². The van der Waals surface area contributed by atoms with E-state index in [9.17, 15) is 14.7 Å². The summed E-state index contributed by atoms with van der Waals surface area (Å²) in [4.78, 5) is 28.4. The molecule has 1 aliphatic heterocycles. The first-order valence-electron chi connectivity index (χ1n) is 10.3. The Morgan fingerprint density at radius 3 is 2.45 bits per heavy atom. The Bertz CT molecular complexity index is 1040. The number of methoxy groups -OCH3 is 1. The topological polar surface area (TPSA) is 76.1 Å². The zero-order chi connectivity index (χ0) is 22.9. The number of aryl methyl sites for hydroxylation is 3. The molecule has 6 nitrogen and oxygen atoms in total. The number of thiophene rings is 1. The fourth-order valence-electron chi connectivity index (χ4n) is 3.84. The molecular weight excluding hydrogens is 414 g/mol. The molecule has 1 aromatic carbocycles. The van der Waals surface area contributed by atoms with E-state index in [2.05, 4.69) is 0 Å². The third-order valence-electron chi connectivity index (χ3n) is 5.47. The highest BCUT2D eigenvalue weighted by Gasteiger charge is 2.47. The molecule has 1 aromatic heterocycles. The van der Waals surface area contributed by atoms with E-state index in [1.54, 1.807) is 13.2 Å². The van der Waals surface area contributed by atoms with Gasteiger partial charge >= 0.3 is 0 Å². The van der Waals surface area contributed by atoms with Crippen LogP contribution in [0.3, 0.4) is 0 Å². The standard InChI is InChI=1S/C24H29NO5S/c1-13(2)30-9-8-25-20(23-14(3)7-10-31-23)19(22(27)24(25)28)21(26)17-11-16(5)18(29-6)12-15(17)4/h7,10-13,20,26H,8-9H2,1-6H3/b21-19+. The van der Waals surface area contributed by atoms with Gasteiger partial charge in [0.2, 0.25) is 0 Å². The van der Waals surface area contributed by atoms with E-state index in [1.165, 1.54) is 16.2 Å². The minimum atomic E-state index is -0.673. The van der Waals surface area contributed by atoms with E-state index in [1.807, 2.05) is 52.1 Å². The molecule has 0 bridgehead atoms. The van der Waals surface area contributed by atoms with Crippen molar-refractivity contribution in [3.05, 3.63) is 56.3 Å². The van der Waals surface area contributed by atoms with Crippen molar-refractivity contribution < 1.29 is 24.2 Å². The van der Waals surface area contributed by atoms with Crippen LogP contribution in [0.1, 0.15) is 47.0 Å². The van der Waals surface area contributed by atoms with Gasteiger partial charge in [-0.2, -0.15) is 0 Å². The second-order valence-corrected chi connectivity index (χ2v) is 8.96. The van der Waals surface area contributed by atoms with Gasteiger partial charge in [0.05, 0.1) is 31.4 Å². The van der Waals surface area contributed by atoms with Crippen molar-refractivity contribution >= 4 is 28.8 Å². The summed E-state index contributed by atoms with van der Waals surface area (Å²) >= 11 is 1.47. The summed E-state index contributed by atoms with van der Waals surface area (Å²) in [6.07, 6.45) is 0.0173. The smallest absolute Gasteiger partial charge is 0.295 e. The summed E-state index contributed by atoms with van der Waals surface area (Å²) in [7, 11) is 1.59. The number of benzene rings is 1. The Kier molecular flexibility index (Phi) is 6.86. The Morgan fingerprint density at radius 2 is 1.87 bits per heavy atom. The van der Waals surface area contributed by atoms with Gasteiger partial charge in [-0.25, -0.2) is 0 Å². The predicted octanol–water partition coefficient (Wildman–Crippen LogP) is 4.53. The first kappa shape index (κ1) is 23.0. The third-order valence-corrected chi connectivity index (χ3v) is 6.54. The molecule has 1 fully saturated rings. The molecular formula is C24H29NO5S. The van der Waals surface area contributed by atoms with E-state index < -0.39 is 17.7 Å². The molecule has 1 saturated heterocycles. The Hall–Kier alpha value is -2.64. The number of carbonyl (C=O) groups is 2. The molecule has 0 spiro atoms. The monoisotopic (exact) mass is 443 g/mol. The largest absolute Gasteiger partial charge is 0.507 e. The number of aliphatic hydroxyl groups excluding tert-OH is 1. The normalized spacial score (nSPS) is 18.3. The first-order valence-corrected chi connectivity index (χ1v) is 11.1. The molecule has 2 heterocycles. The van der Waals surface area contributed by atoms with E-state index in [-0.39, 0.29) is 24.0 Å². The van der Waals surface area contributed by atoms with Crippen LogP contribution >= 0.6 is 11.3 Å². The van der Waals surface area contributed by atoms with Crippen molar-refractivity contribution in [3.63, 3.8) is 0 Å². The lowest BCUT2D eigenvalue weighted by atomic mass is 9.95. The van der Waals surface area contributed by atoms with Gasteiger partial charge < -0.3 is 19.5 Å². The molecule has 7 heteroatoms. The number of amides is 1. The summed E-state index contributed by atoms with van der Waals surface area (Å²) in [5.74, 6) is -0.750. The number of nitrogens with zero attached hydrogens (tertiary/aromatic N) is 1. The van der Waals surface area contributed by atoms with Crippen LogP contribution in [-0.2, 0) is 14.3 Å². The fraction of sp³-hybridized carbons (Fsp3) is 0.417. The molecule has 31 heavy (non-hydrogen) atoms. The van der Waals surface area contributed by atoms with E-state index in [0.717, 1.165) is 21.6 Å². The number of aliphatic hydroxyl groups is 1. The quantitative estimate of drug-likeness (QED) is 0.387. The van der Waals surface area contributed by atoms with E-state index in [4.69, 9.17) is 9.47 Å². The SMILES string of the molecule is COc1cc(C)c(/C(O)=C2\C(=O)C(=O)N(CCOC(C)C)C2c2sccc2C)cc1C. The lowest BCUT2D eigenvalue weighted by Gasteiger charge is -2.25. The predicted molar refractivity (Wildman–Crippen MR) is 122 cm³/mol. The zero-order valence-electron chi connectivity index (χ0n) is 18.8. The summed E-state index contributed by atoms with van der Waals surface area (Å²) in [6, 6.07) is 4.92. The van der Waals surface area contributed by atoms with Crippen LogP contribution < -0.4 is 4.74 Å². The van der Waals surface area contributed by atoms with Crippen LogP contribution in [0.2, 0.25) is 0 Å². The second-order valence-electron chi connectivity index (χ2n) is 8.02. The van der Waals surface area contributed by atoms with Gasteiger partial charge in [-0.15, -0.1) is 11.3 Å². The molecule has 0 saturated carbocycles. The van der Waals surface area contributed by atoms with Gasteiger partial charge in [0.1, 0.15) is 11.5 Å². The maximum atomic E-state index is 13.1. The maximum Gasteiger partial charge on any atom is 0.295 e. The van der Waals surface area contributed by atoms with Crippen LogP contribution in [0.5, 0.6) is 5.75 Å². The minimum Gasteiger partial charge on any atom is -0.507 e. The van der Waals surface area contributed by atoms with Gasteiger partial charge in [0.25, 0.3) is 11.7 Å². The molecule has 2 aromatic rings. The van der Waals surface area contributed by atoms with Gasteiger partial charge in [0.15, 0.2) is 0 Å². The van der Waals surface area contributed by atoms with Crippen LogP contribution in [-0.4, -0.2) is 48.1 Å². The Balaban J connectivity index is 2.14. The molecule has 3 rings (SSSR count). The number of Topliss-reactive ketones (excluding diaryl/α,β-unsaturated/α-hetero) is 1. The van der Waals surface area contributed by atoms with Crippen molar-refractivity contribution in [2.45, 2.75) is 46.8 Å². The van der Waals surface area contributed by atoms with Crippen molar-refractivity contribution in [1.29, 1.82) is 0 Å². The van der Waals surface area contributed by atoms with Crippen molar-refractivity contribution in [2.24, 2.45) is 0 Å². The van der Waals surface area contributed by atoms with Crippen LogP contribution in [0.4, 0.5) is 0 Å². The van der Waals surface area contributed by atoms with Crippen molar-refractivity contribution in [2.75, 3.05) is 20.3 Å². The molecule has 1 atom stereocenters. The number of ketones is 1. The Labute approximate surface area is 187 Å². The van der Waals surface area contributed by atoms with Crippen molar-refractivity contribution in [3.8, 4) is 5.75 Å². The summed E-state index contributed by atoms with van der Waals surface area (Å²) in [5.41, 5.74) is 3.20. The van der Waals surface area contributed by atoms with Crippen LogP contribution in [0.15, 0.2) is 29.2 Å². The number of rotatable bonds is 7. The molecule has 0 radical (unpaired) electrons. The minimum absolute atomic E-state index is 0.0173. The highest BCUT2D eigenvalue weighted by atomic mass is 32.1. The van der Waals surface area contributed by atoms with E-state index in [0.29, 0.717) is 17.9 Å². The van der Waals surface area contributed by atoms with Gasteiger partial charge in [-0.05, 0) is 74.9 Å². The first-order chi connectivity index (χ1) is 14.7. The zero-order valence-corrected chi connectivity index (χ0v) is 19.6. The van der Waals surface area contributed by atoms with Crippen LogP contribution in [0, 0.1) is 20.8 Å². The average Bonchev–Trinajstić information content (AvgIpc) is 3.24. The van der Waals surface area contributed by atoms with Crippen molar-refractivity contribution in [1.82, 2.24) is 4.90 Å². The third kappa shape index (κ3) is 4.38. The molecule has 166 valence electrons. The number of hydrogen-bond acceptors (Lipinski definition) is 6. The number of ether oxygens (including phenoxy) is 2. The molecule has 1 unspecified atom stereocenters. The molecule has 1 amide bonds. The van der Waals surface area contributed by atoms with Gasteiger partial charge in [-0.1, -0.05) is 0 Å². The van der Waals surface area contributed by atoms with Gasteiger partial charge in [0, 0.05) is 17.0 Å². The maximum absolute atomic E-state index is 13.1. The molecule has 0 aliphatic carbocycles. The molecule has 1 aliphatic rings. The highest BCUT2D eigenvalue weighted by Crippen LogP contribution is 2.43. The summed E-state index contributed by atoms with van der Waals surface area (Å²) in [6.45, 7) is 10.1. The number of carbonyl (C=O) groups excluding carboxylic acids is 2. The number of likely N-dealkylation sites (tertiary alicyclic amines) is 1. The summed E-state index contributed by atoms with van der Waals surface area (Å²) in [5, 5.41) is 13.2. The lowest BCUT2D eigenvalue weighted by Crippen LogP contribution is -2.33. The van der Waals surface area contributed by atoms with Crippen LogP contribution in [0.25, 0.3) is 5.76 Å². The highest BCUT2D eigenvalue weighted by molar-refractivity contribution is 7.10. The number of hydrogen-bond donors (Lipinski definition) is 1. The summed E-state index contributed by atoms with van der Waals surface area (Å²) < 4.78 is 11.0. The van der Waals surface area contributed by atoms with E-state index >= 15 is 0 Å². The second kappa shape index (κ2) is 9.24.